The molecule has 1 aromatic carbocycles. The number of hydrogen-bond donors (Lipinski definition) is 1. The van der Waals surface area contributed by atoms with E-state index in [9.17, 15) is 9.59 Å². The maximum absolute atomic E-state index is 13.5. The fraction of sp³-hybridized carbons (Fsp3) is 0.576. The fourth-order valence-corrected chi connectivity index (χ4v) is 9.34. The van der Waals surface area contributed by atoms with Crippen LogP contribution in [0.1, 0.15) is 57.4 Å². The molecule has 6 heterocycles. The van der Waals surface area contributed by atoms with E-state index in [1.54, 1.807) is 25.9 Å². The van der Waals surface area contributed by atoms with Gasteiger partial charge in [0.2, 0.25) is 11.8 Å². The highest BCUT2D eigenvalue weighted by Gasteiger charge is 2.70. The quantitative estimate of drug-likeness (QED) is 0.556. The van der Waals surface area contributed by atoms with Gasteiger partial charge in [-0.15, -0.1) is 0 Å². The highest BCUT2D eigenvalue weighted by molar-refractivity contribution is 5.99. The molecule has 1 aliphatic carbocycles. The Hall–Kier alpha value is -3.10. The largest absolute Gasteiger partial charge is 0.493 e. The first-order chi connectivity index (χ1) is 19.9. The maximum atomic E-state index is 13.5. The fourth-order valence-electron chi connectivity index (χ4n) is 9.34. The van der Waals surface area contributed by atoms with Crippen molar-refractivity contribution in [3.63, 3.8) is 0 Å². The Kier molecular flexibility index (Phi) is 6.54. The lowest BCUT2D eigenvalue weighted by molar-refractivity contribution is -0.131. The molecule has 4 fully saturated rings. The third-order valence-corrected chi connectivity index (χ3v) is 10.8. The highest BCUT2D eigenvalue weighted by Crippen LogP contribution is 2.66. The first kappa shape index (κ1) is 26.8. The van der Waals surface area contributed by atoms with Crippen molar-refractivity contribution < 1.29 is 23.8 Å². The van der Waals surface area contributed by atoms with E-state index >= 15 is 0 Å². The van der Waals surface area contributed by atoms with E-state index in [-0.39, 0.29) is 29.4 Å². The number of hydrogen-bond acceptors (Lipinski definition) is 6. The third kappa shape index (κ3) is 3.93. The number of nitrogens with zero attached hydrogens (tertiary/aromatic N) is 2. The van der Waals surface area contributed by atoms with E-state index in [2.05, 4.69) is 40.8 Å². The number of benzene rings is 1. The Morgan fingerprint density at radius 1 is 1.17 bits per heavy atom. The second kappa shape index (κ2) is 10.0. The monoisotopic (exact) mass is 559 g/mol. The number of fused-ring (bicyclic) bond motifs is 2. The molecule has 2 amide bonds. The second-order valence-electron chi connectivity index (χ2n) is 12.6. The van der Waals surface area contributed by atoms with Gasteiger partial charge in [0.05, 0.1) is 45.1 Å². The number of rotatable bonds is 4. The van der Waals surface area contributed by atoms with Crippen LogP contribution in [0.4, 0.5) is 5.69 Å². The van der Waals surface area contributed by atoms with E-state index in [4.69, 9.17) is 14.2 Å². The summed E-state index contributed by atoms with van der Waals surface area (Å²) in [4.78, 5) is 29.3. The van der Waals surface area contributed by atoms with Crippen molar-refractivity contribution in [2.45, 2.75) is 75.5 Å². The standard InChI is InChI=1S/C24H28N2O4.C9H13NO/c1-28-17-10-15-16(11-18(17)29-2)26-21(27)12-19-22-14-9-20-24(15,23(22)26)5-7-25(20)6-3-13(14)4-8-30-19;1-3-4-8-5-7(2)10-9(11)6-8/h4,10-11,14,19-20,22-23H,3,5-9,12H2,1-2H3;6H,2-5H2,1H3,(H,10,11)/t14-,19?,20-,22-,23?,24+;/m0./s1. The number of anilines is 1. The maximum Gasteiger partial charge on any atom is 0.248 e. The second-order valence-corrected chi connectivity index (χ2v) is 12.6. The van der Waals surface area contributed by atoms with Crippen molar-refractivity contribution in [1.29, 1.82) is 0 Å². The average molecular weight is 560 g/mol. The smallest absolute Gasteiger partial charge is 0.248 e. The van der Waals surface area contributed by atoms with E-state index in [1.807, 2.05) is 6.07 Å². The number of allylic oxidation sites excluding steroid dienone is 1. The van der Waals surface area contributed by atoms with Crippen LogP contribution in [0.5, 0.6) is 11.5 Å². The van der Waals surface area contributed by atoms with Crippen molar-refractivity contribution in [2.75, 3.05) is 38.8 Å². The predicted octanol–water partition coefficient (Wildman–Crippen LogP) is 4.25. The number of ether oxygens (including phenoxy) is 3. The Labute approximate surface area is 242 Å². The molecule has 8 heteroatoms. The van der Waals surface area contributed by atoms with Crippen LogP contribution < -0.4 is 19.7 Å². The molecule has 2 unspecified atom stereocenters. The van der Waals surface area contributed by atoms with Crippen LogP contribution in [0, 0.1) is 11.8 Å². The van der Waals surface area contributed by atoms with Gasteiger partial charge in [0.15, 0.2) is 11.5 Å². The summed E-state index contributed by atoms with van der Waals surface area (Å²) in [5.41, 5.74) is 5.90. The van der Waals surface area contributed by atoms with E-state index in [0.717, 1.165) is 62.3 Å². The molecule has 8 nitrogen and oxygen atoms in total. The van der Waals surface area contributed by atoms with Crippen LogP contribution in [-0.2, 0) is 19.7 Å². The molecular weight excluding hydrogens is 518 g/mol. The zero-order valence-corrected chi connectivity index (χ0v) is 24.4. The van der Waals surface area contributed by atoms with Gasteiger partial charge in [-0.05, 0) is 49.8 Å². The number of methoxy groups -OCH3 is 2. The summed E-state index contributed by atoms with van der Waals surface area (Å²) in [6.45, 7) is 8.71. The lowest BCUT2D eigenvalue weighted by atomic mass is 9.55. The number of carbonyl (C=O) groups is 2. The first-order valence-corrected chi connectivity index (χ1v) is 15.2. The van der Waals surface area contributed by atoms with Crippen molar-refractivity contribution >= 4 is 17.5 Å². The summed E-state index contributed by atoms with van der Waals surface area (Å²) in [6.07, 6.45) is 10.9. The van der Waals surface area contributed by atoms with Crippen molar-refractivity contribution in [3.8, 4) is 11.5 Å². The van der Waals surface area contributed by atoms with Crippen LogP contribution in [0.3, 0.4) is 0 Å². The van der Waals surface area contributed by atoms with Gasteiger partial charge in [0.25, 0.3) is 0 Å². The predicted molar refractivity (Wildman–Crippen MR) is 156 cm³/mol. The van der Waals surface area contributed by atoms with Crippen LogP contribution in [0.15, 0.2) is 47.7 Å². The first-order valence-electron chi connectivity index (χ1n) is 15.2. The molecule has 8 rings (SSSR count). The normalized spacial score (nSPS) is 34.4. The minimum Gasteiger partial charge on any atom is -0.493 e. The van der Waals surface area contributed by atoms with Gasteiger partial charge in [-0.3, -0.25) is 14.5 Å². The lowest BCUT2D eigenvalue weighted by Gasteiger charge is -2.55. The van der Waals surface area contributed by atoms with Crippen molar-refractivity contribution in [1.82, 2.24) is 10.2 Å². The van der Waals surface area contributed by atoms with Crippen molar-refractivity contribution in [2.24, 2.45) is 11.8 Å². The molecule has 1 N–H and O–H groups in total. The van der Waals surface area contributed by atoms with Gasteiger partial charge in [-0.25, -0.2) is 0 Å². The van der Waals surface area contributed by atoms with E-state index in [1.165, 1.54) is 17.6 Å². The molecule has 1 saturated carbocycles. The molecule has 218 valence electrons. The van der Waals surface area contributed by atoms with Crippen LogP contribution in [0.2, 0.25) is 0 Å². The number of piperidine rings is 1. The molecule has 1 spiro atoms. The molecule has 2 bridgehead atoms. The molecule has 1 aromatic rings. The molecule has 7 aliphatic rings. The summed E-state index contributed by atoms with van der Waals surface area (Å²) >= 11 is 0. The molecular formula is C33H41N3O5. The van der Waals surface area contributed by atoms with Gasteiger partial charge >= 0.3 is 0 Å². The minimum atomic E-state index is -0.0342. The highest BCUT2D eigenvalue weighted by atomic mass is 16.5. The van der Waals surface area contributed by atoms with Crippen LogP contribution in [-0.4, -0.2) is 68.8 Å². The summed E-state index contributed by atoms with van der Waals surface area (Å²) in [5.74, 6) is 2.54. The average Bonchev–Trinajstić information content (AvgIpc) is 3.33. The number of amides is 2. The van der Waals surface area contributed by atoms with Crippen LogP contribution in [0.25, 0.3) is 0 Å². The molecule has 0 aromatic heterocycles. The van der Waals surface area contributed by atoms with Crippen LogP contribution >= 0.6 is 0 Å². The van der Waals surface area contributed by atoms with E-state index in [0.29, 0.717) is 36.7 Å². The lowest BCUT2D eigenvalue weighted by Crippen LogP contribution is -2.67. The Morgan fingerprint density at radius 3 is 2.73 bits per heavy atom. The molecule has 41 heavy (non-hydrogen) atoms. The Morgan fingerprint density at radius 2 is 1.98 bits per heavy atom. The van der Waals surface area contributed by atoms with Crippen molar-refractivity contribution in [3.05, 3.63) is 53.3 Å². The third-order valence-electron chi connectivity index (χ3n) is 10.8. The minimum absolute atomic E-state index is 0.0234. The summed E-state index contributed by atoms with van der Waals surface area (Å²) in [7, 11) is 3.37. The topological polar surface area (TPSA) is 80.3 Å². The molecule has 6 aliphatic heterocycles. The summed E-state index contributed by atoms with van der Waals surface area (Å²) in [5, 5.41) is 2.66. The Balaban J connectivity index is 0.000000214. The van der Waals surface area contributed by atoms with Gasteiger partial charge in [0, 0.05) is 48.2 Å². The number of carbonyl (C=O) groups excluding carboxylic acids is 2. The van der Waals surface area contributed by atoms with Gasteiger partial charge in [-0.1, -0.05) is 37.1 Å². The summed E-state index contributed by atoms with van der Waals surface area (Å²) in [6, 6.07) is 4.87. The summed E-state index contributed by atoms with van der Waals surface area (Å²) < 4.78 is 17.7. The Bertz CT molecular complexity index is 1370. The molecule has 3 saturated heterocycles. The molecule has 6 atom stereocenters. The zero-order chi connectivity index (χ0) is 28.5. The van der Waals surface area contributed by atoms with E-state index < -0.39 is 0 Å². The zero-order valence-electron chi connectivity index (χ0n) is 24.4. The number of nitrogens with one attached hydrogen (secondary N) is 1. The van der Waals surface area contributed by atoms with Gasteiger partial charge < -0.3 is 24.4 Å². The molecule has 0 radical (unpaired) electrons. The van der Waals surface area contributed by atoms with Gasteiger partial charge in [-0.2, -0.15) is 0 Å². The van der Waals surface area contributed by atoms with Gasteiger partial charge in [0.1, 0.15) is 0 Å². The SMILES string of the molecule is C=C1CC(CCC)=CC(=O)N1.COc1cc2c(cc1OC)[C@@]13CCN4CCC5=CCOC6CC(=O)N2C1[C@H]6[C@H]5C[C@H]43.